The van der Waals surface area contributed by atoms with E-state index in [1.807, 2.05) is 0 Å². The van der Waals surface area contributed by atoms with Gasteiger partial charge in [0.05, 0.1) is 11.1 Å². The Hall–Kier alpha value is -2.35. The lowest BCUT2D eigenvalue weighted by Crippen LogP contribution is -2.03. The minimum Gasteiger partial charge on any atom is -0.478 e. The van der Waals surface area contributed by atoms with E-state index in [-0.39, 0.29) is 23.4 Å². The van der Waals surface area contributed by atoms with Crippen LogP contribution in [0.2, 0.25) is 0 Å². The normalized spacial score (nSPS) is 18.1. The number of nitrogens with zero attached hydrogens (tertiary/aromatic N) is 2. The highest BCUT2D eigenvalue weighted by Crippen LogP contribution is 2.30. The van der Waals surface area contributed by atoms with Gasteiger partial charge in [-0.2, -0.15) is 4.98 Å². The number of halogens is 2. The summed E-state index contributed by atoms with van der Waals surface area (Å²) in [5.74, 6) is -3.77. The van der Waals surface area contributed by atoms with Crippen LogP contribution in [0.1, 0.15) is 35.1 Å². The summed E-state index contributed by atoms with van der Waals surface area (Å²) in [5.41, 5.74) is -0.616. The van der Waals surface area contributed by atoms with E-state index in [2.05, 4.69) is 10.1 Å². The van der Waals surface area contributed by atoms with Gasteiger partial charge in [-0.1, -0.05) is 5.16 Å². The molecule has 1 aliphatic rings. The zero-order valence-corrected chi connectivity index (χ0v) is 10.7. The zero-order valence-electron chi connectivity index (χ0n) is 10.7. The third-order valence-corrected chi connectivity index (χ3v) is 3.18. The summed E-state index contributed by atoms with van der Waals surface area (Å²) in [4.78, 5) is 15.1. The molecule has 0 saturated carbocycles. The fourth-order valence-electron chi connectivity index (χ4n) is 2.16. The van der Waals surface area contributed by atoms with Crippen LogP contribution in [0.3, 0.4) is 0 Å². The van der Waals surface area contributed by atoms with E-state index in [1.54, 1.807) is 0 Å². The molecule has 1 unspecified atom stereocenters. The van der Waals surface area contributed by atoms with Gasteiger partial charge in [0.1, 0.15) is 6.10 Å². The van der Waals surface area contributed by atoms with Gasteiger partial charge < -0.3 is 14.4 Å². The lowest BCUT2D eigenvalue weighted by atomic mass is 10.1. The lowest BCUT2D eigenvalue weighted by molar-refractivity contribution is 0.0696. The summed E-state index contributed by atoms with van der Waals surface area (Å²) in [5, 5.41) is 12.8. The average molecular weight is 296 g/mol. The van der Waals surface area contributed by atoms with E-state index >= 15 is 0 Å². The van der Waals surface area contributed by atoms with E-state index < -0.39 is 23.2 Å². The molecule has 8 heteroatoms. The quantitative estimate of drug-likeness (QED) is 0.936. The Morgan fingerprint density at radius 3 is 2.76 bits per heavy atom. The summed E-state index contributed by atoms with van der Waals surface area (Å²) in [7, 11) is 0. The van der Waals surface area contributed by atoms with Crippen molar-refractivity contribution in [3.8, 4) is 11.5 Å². The number of carbonyl (C=O) groups is 1. The monoisotopic (exact) mass is 296 g/mol. The van der Waals surface area contributed by atoms with Crippen LogP contribution in [0.15, 0.2) is 16.7 Å². The number of hydrogen-bond donors (Lipinski definition) is 1. The van der Waals surface area contributed by atoms with Crippen molar-refractivity contribution >= 4 is 5.97 Å². The van der Waals surface area contributed by atoms with Crippen molar-refractivity contribution in [2.75, 3.05) is 6.61 Å². The lowest BCUT2D eigenvalue weighted by Gasteiger charge is -2.03. The predicted molar refractivity (Wildman–Crippen MR) is 64.5 cm³/mol. The topological polar surface area (TPSA) is 85.5 Å². The van der Waals surface area contributed by atoms with E-state index in [4.69, 9.17) is 14.4 Å². The summed E-state index contributed by atoms with van der Waals surface area (Å²) in [6, 6.07) is 1.31. The van der Waals surface area contributed by atoms with Crippen molar-refractivity contribution in [2.24, 2.45) is 0 Å². The Morgan fingerprint density at radius 2 is 2.10 bits per heavy atom. The maximum Gasteiger partial charge on any atom is 0.336 e. The van der Waals surface area contributed by atoms with Crippen molar-refractivity contribution < 1.29 is 27.9 Å². The summed E-state index contributed by atoms with van der Waals surface area (Å²) in [6.07, 6.45) is 1.27. The largest absolute Gasteiger partial charge is 0.478 e. The first-order chi connectivity index (χ1) is 10.1. The molecule has 0 spiro atoms. The second-order valence-corrected chi connectivity index (χ2v) is 4.58. The Labute approximate surface area is 117 Å². The fourth-order valence-corrected chi connectivity index (χ4v) is 2.16. The average Bonchev–Trinajstić information content (AvgIpc) is 3.10. The molecule has 110 valence electrons. The van der Waals surface area contributed by atoms with Gasteiger partial charge in [-0.05, 0) is 25.0 Å². The first-order valence-electron chi connectivity index (χ1n) is 6.24. The fraction of sp³-hybridized carbons (Fsp3) is 0.308. The molecule has 1 N–H and O–H groups in total. The second kappa shape index (κ2) is 5.21. The van der Waals surface area contributed by atoms with E-state index in [0.29, 0.717) is 12.7 Å². The van der Waals surface area contributed by atoms with Gasteiger partial charge >= 0.3 is 5.97 Å². The highest BCUT2D eigenvalue weighted by atomic mass is 19.2. The molecular formula is C13H10F2N2O4. The number of carboxylic acid groups (broad SMARTS) is 1. The van der Waals surface area contributed by atoms with E-state index in [9.17, 15) is 13.6 Å². The first-order valence-corrected chi connectivity index (χ1v) is 6.24. The number of aromatic nitrogens is 2. The van der Waals surface area contributed by atoms with Crippen molar-refractivity contribution in [2.45, 2.75) is 18.9 Å². The SMILES string of the molecule is O=C(O)c1cc(F)c(F)cc1-c1nc(C2CCCO2)no1. The molecule has 1 atom stereocenters. The number of carboxylic acids is 1. The smallest absolute Gasteiger partial charge is 0.336 e. The van der Waals surface area contributed by atoms with Gasteiger partial charge in [-0.25, -0.2) is 13.6 Å². The van der Waals surface area contributed by atoms with Gasteiger partial charge in [-0.15, -0.1) is 0 Å². The van der Waals surface area contributed by atoms with Gasteiger partial charge in [0.25, 0.3) is 5.89 Å². The number of hydrogen-bond acceptors (Lipinski definition) is 5. The summed E-state index contributed by atoms with van der Waals surface area (Å²) >= 11 is 0. The van der Waals surface area contributed by atoms with Crippen molar-refractivity contribution in [3.63, 3.8) is 0 Å². The molecule has 2 heterocycles. The molecule has 0 aliphatic carbocycles. The van der Waals surface area contributed by atoms with E-state index in [1.165, 1.54) is 0 Å². The highest BCUT2D eigenvalue weighted by Gasteiger charge is 2.26. The predicted octanol–water partition coefficient (Wildman–Crippen LogP) is 2.56. The van der Waals surface area contributed by atoms with Gasteiger partial charge in [-0.3, -0.25) is 0 Å². The minimum atomic E-state index is -1.42. The number of benzene rings is 1. The van der Waals surface area contributed by atoms with Crippen LogP contribution in [0.4, 0.5) is 8.78 Å². The van der Waals surface area contributed by atoms with Crippen LogP contribution in [-0.2, 0) is 4.74 Å². The van der Waals surface area contributed by atoms with Crippen LogP contribution < -0.4 is 0 Å². The molecular weight excluding hydrogens is 286 g/mol. The maximum absolute atomic E-state index is 13.3. The number of aromatic carboxylic acids is 1. The molecule has 3 rings (SSSR count). The van der Waals surface area contributed by atoms with Crippen molar-refractivity contribution in [1.29, 1.82) is 0 Å². The molecule has 0 bridgehead atoms. The van der Waals surface area contributed by atoms with Gasteiger partial charge in [0.2, 0.25) is 5.82 Å². The molecule has 2 aromatic rings. The van der Waals surface area contributed by atoms with Crippen LogP contribution in [0, 0.1) is 11.6 Å². The molecule has 1 aromatic carbocycles. The summed E-state index contributed by atoms with van der Waals surface area (Å²) < 4.78 is 36.8. The Morgan fingerprint density at radius 1 is 1.33 bits per heavy atom. The molecule has 21 heavy (non-hydrogen) atoms. The highest BCUT2D eigenvalue weighted by molar-refractivity contribution is 5.94. The number of rotatable bonds is 3. The maximum atomic E-state index is 13.3. The third-order valence-electron chi connectivity index (χ3n) is 3.18. The Bertz CT molecular complexity index is 695. The Balaban J connectivity index is 2.03. The van der Waals surface area contributed by atoms with Crippen LogP contribution in [0.5, 0.6) is 0 Å². The standard InChI is InChI=1S/C13H10F2N2O4/c14-8-4-6(7(13(18)19)5-9(8)15)12-16-11(17-21-12)10-2-1-3-20-10/h4-5,10H,1-3H2,(H,18,19). The first kappa shape index (κ1) is 13.6. The van der Waals surface area contributed by atoms with Crippen molar-refractivity contribution in [1.82, 2.24) is 10.1 Å². The molecule has 0 amide bonds. The molecule has 6 nitrogen and oxygen atoms in total. The van der Waals surface area contributed by atoms with Gasteiger partial charge in [0.15, 0.2) is 11.6 Å². The third kappa shape index (κ3) is 2.49. The molecule has 1 saturated heterocycles. The van der Waals surface area contributed by atoms with Crippen LogP contribution >= 0.6 is 0 Å². The zero-order chi connectivity index (χ0) is 15.0. The molecule has 0 radical (unpaired) electrons. The molecule has 1 aromatic heterocycles. The summed E-state index contributed by atoms with van der Waals surface area (Å²) in [6.45, 7) is 0.583. The second-order valence-electron chi connectivity index (χ2n) is 4.58. The molecule has 1 fully saturated rings. The molecule has 1 aliphatic heterocycles. The van der Waals surface area contributed by atoms with Crippen LogP contribution in [-0.4, -0.2) is 27.8 Å². The van der Waals surface area contributed by atoms with Crippen molar-refractivity contribution in [3.05, 3.63) is 35.2 Å². The van der Waals surface area contributed by atoms with Crippen LogP contribution in [0.25, 0.3) is 11.5 Å². The number of ether oxygens (including phenoxy) is 1. The van der Waals surface area contributed by atoms with E-state index in [0.717, 1.165) is 18.9 Å². The minimum absolute atomic E-state index is 0.168. The van der Waals surface area contributed by atoms with Gasteiger partial charge in [0, 0.05) is 6.61 Å². The Kier molecular flexibility index (Phi) is 3.38.